The smallest absolute Gasteiger partial charge is 0.444 e. The summed E-state index contributed by atoms with van der Waals surface area (Å²) in [6.45, 7) is 7.93. The standard InChI is InChI=1S/C17H29NO5Si/c1-13(24(20-5,21-6)22-7)15-10-8-14(9-11-15)12-18-16(19)23-17(2,3)4/h8-11,13H,12H2,1-7H3,(H,18,19). The Bertz CT molecular complexity index is 515. The van der Waals surface area contributed by atoms with Crippen LogP contribution in [-0.4, -0.2) is 41.8 Å². The van der Waals surface area contributed by atoms with Gasteiger partial charge in [-0.05, 0) is 31.9 Å². The third kappa shape index (κ3) is 5.59. The molecule has 0 aliphatic carbocycles. The van der Waals surface area contributed by atoms with Gasteiger partial charge in [0.1, 0.15) is 5.60 Å². The lowest BCUT2D eigenvalue weighted by atomic mass is 10.1. The van der Waals surface area contributed by atoms with Crippen molar-refractivity contribution in [3.05, 3.63) is 35.4 Å². The predicted molar refractivity (Wildman–Crippen MR) is 94.7 cm³/mol. The van der Waals surface area contributed by atoms with Crippen LogP contribution in [0, 0.1) is 0 Å². The van der Waals surface area contributed by atoms with Crippen LogP contribution in [0.5, 0.6) is 0 Å². The topological polar surface area (TPSA) is 66.0 Å². The summed E-state index contributed by atoms with van der Waals surface area (Å²) in [5, 5.41) is 2.74. The van der Waals surface area contributed by atoms with Crippen molar-refractivity contribution in [3.63, 3.8) is 0 Å². The van der Waals surface area contributed by atoms with E-state index in [0.29, 0.717) is 6.54 Å². The van der Waals surface area contributed by atoms with Crippen LogP contribution in [0.4, 0.5) is 4.79 Å². The molecule has 1 N–H and O–H groups in total. The van der Waals surface area contributed by atoms with Crippen LogP contribution in [0.15, 0.2) is 24.3 Å². The number of carbonyl (C=O) groups is 1. The summed E-state index contributed by atoms with van der Waals surface area (Å²) in [6, 6.07) is 7.91. The molecule has 1 aromatic rings. The van der Waals surface area contributed by atoms with Gasteiger partial charge in [-0.15, -0.1) is 0 Å². The van der Waals surface area contributed by atoms with E-state index < -0.39 is 20.5 Å². The molecule has 0 bridgehead atoms. The van der Waals surface area contributed by atoms with Gasteiger partial charge in [0.25, 0.3) is 0 Å². The lowest BCUT2D eigenvalue weighted by molar-refractivity contribution is 0.0523. The summed E-state index contributed by atoms with van der Waals surface area (Å²) in [6.07, 6.45) is -0.426. The Morgan fingerprint density at radius 2 is 1.58 bits per heavy atom. The summed E-state index contributed by atoms with van der Waals surface area (Å²) in [4.78, 5) is 11.7. The summed E-state index contributed by atoms with van der Waals surface area (Å²) in [5.74, 6) is 0. The number of ether oxygens (including phenoxy) is 1. The molecule has 1 rings (SSSR count). The molecule has 0 aliphatic rings. The molecular formula is C17H29NO5Si. The van der Waals surface area contributed by atoms with Crippen LogP contribution in [0.1, 0.15) is 44.4 Å². The van der Waals surface area contributed by atoms with Crippen molar-refractivity contribution in [2.45, 2.75) is 45.4 Å². The highest BCUT2D eigenvalue weighted by Crippen LogP contribution is 2.28. The quantitative estimate of drug-likeness (QED) is 0.761. The molecule has 7 heteroatoms. The Hall–Kier alpha value is -1.41. The first-order chi connectivity index (χ1) is 11.2. The van der Waals surface area contributed by atoms with E-state index in [-0.39, 0.29) is 5.54 Å². The highest BCUT2D eigenvalue weighted by Gasteiger charge is 2.45. The Morgan fingerprint density at radius 1 is 1.08 bits per heavy atom. The average molecular weight is 356 g/mol. The van der Waals surface area contributed by atoms with Crippen LogP contribution < -0.4 is 5.32 Å². The van der Waals surface area contributed by atoms with E-state index in [1.807, 2.05) is 52.0 Å². The van der Waals surface area contributed by atoms with Crippen LogP contribution in [0.25, 0.3) is 0 Å². The molecule has 136 valence electrons. The number of benzene rings is 1. The summed E-state index contributed by atoms with van der Waals surface area (Å²) in [7, 11) is 2.09. The molecule has 1 aromatic carbocycles. The second kappa shape index (κ2) is 8.62. The molecule has 0 fully saturated rings. The van der Waals surface area contributed by atoms with Gasteiger partial charge in [0.2, 0.25) is 0 Å². The molecular weight excluding hydrogens is 326 g/mol. The number of nitrogens with one attached hydrogen (secondary N) is 1. The van der Waals surface area contributed by atoms with Crippen LogP contribution >= 0.6 is 0 Å². The minimum absolute atomic E-state index is 0.00497. The number of rotatable bonds is 7. The molecule has 1 unspecified atom stereocenters. The van der Waals surface area contributed by atoms with E-state index in [9.17, 15) is 4.79 Å². The molecule has 0 spiro atoms. The lowest BCUT2D eigenvalue weighted by Gasteiger charge is -2.30. The Kier molecular flexibility index (Phi) is 7.41. The van der Waals surface area contributed by atoms with Gasteiger partial charge in [-0.1, -0.05) is 31.2 Å². The molecule has 0 saturated heterocycles. The van der Waals surface area contributed by atoms with Crippen molar-refractivity contribution in [2.24, 2.45) is 0 Å². The highest BCUT2D eigenvalue weighted by molar-refractivity contribution is 6.62. The van der Waals surface area contributed by atoms with Crippen molar-refractivity contribution < 1.29 is 22.8 Å². The minimum Gasteiger partial charge on any atom is -0.444 e. The van der Waals surface area contributed by atoms with Gasteiger partial charge in [-0.3, -0.25) is 0 Å². The maximum atomic E-state index is 11.7. The molecule has 6 nitrogen and oxygen atoms in total. The number of hydrogen-bond acceptors (Lipinski definition) is 5. The SMILES string of the molecule is CO[Si](OC)(OC)C(C)c1ccc(CNC(=O)OC(C)(C)C)cc1. The average Bonchev–Trinajstić information content (AvgIpc) is 2.54. The van der Waals surface area contributed by atoms with Crippen molar-refractivity contribution in [2.75, 3.05) is 21.3 Å². The fraction of sp³-hybridized carbons (Fsp3) is 0.588. The van der Waals surface area contributed by atoms with Crippen LogP contribution in [0.3, 0.4) is 0 Å². The molecule has 1 amide bonds. The van der Waals surface area contributed by atoms with E-state index in [0.717, 1.165) is 11.1 Å². The molecule has 0 radical (unpaired) electrons. The zero-order valence-electron chi connectivity index (χ0n) is 15.6. The van der Waals surface area contributed by atoms with E-state index >= 15 is 0 Å². The van der Waals surface area contributed by atoms with Crippen molar-refractivity contribution in [1.29, 1.82) is 0 Å². The molecule has 0 aliphatic heterocycles. The van der Waals surface area contributed by atoms with Gasteiger partial charge in [0.15, 0.2) is 0 Å². The van der Waals surface area contributed by atoms with Crippen LogP contribution in [0.2, 0.25) is 0 Å². The van der Waals surface area contributed by atoms with E-state index in [4.69, 9.17) is 18.0 Å². The van der Waals surface area contributed by atoms with Crippen molar-refractivity contribution in [3.8, 4) is 0 Å². The number of carbonyl (C=O) groups excluding carboxylic acids is 1. The first-order valence-electron chi connectivity index (χ1n) is 7.88. The maximum absolute atomic E-state index is 11.7. The lowest BCUT2D eigenvalue weighted by Crippen LogP contribution is -2.48. The third-order valence-corrected chi connectivity index (χ3v) is 6.80. The van der Waals surface area contributed by atoms with E-state index in [2.05, 4.69) is 5.32 Å². The van der Waals surface area contributed by atoms with Gasteiger partial charge in [0.05, 0.1) is 5.54 Å². The van der Waals surface area contributed by atoms with Gasteiger partial charge in [-0.2, -0.15) is 0 Å². The van der Waals surface area contributed by atoms with Gasteiger partial charge in [-0.25, -0.2) is 4.79 Å². The fourth-order valence-electron chi connectivity index (χ4n) is 2.40. The Labute approximate surface area is 145 Å². The Balaban J connectivity index is 2.71. The van der Waals surface area contributed by atoms with Gasteiger partial charge in [0, 0.05) is 27.9 Å². The zero-order chi connectivity index (χ0) is 18.4. The first-order valence-corrected chi connectivity index (χ1v) is 9.68. The van der Waals surface area contributed by atoms with E-state index in [1.54, 1.807) is 21.3 Å². The summed E-state index contributed by atoms with van der Waals surface area (Å²) >= 11 is 0. The molecule has 1 atom stereocenters. The molecule has 24 heavy (non-hydrogen) atoms. The summed E-state index contributed by atoms with van der Waals surface area (Å²) in [5.41, 5.74) is 1.55. The largest absolute Gasteiger partial charge is 0.507 e. The normalized spacial score (nSPS) is 13.5. The van der Waals surface area contributed by atoms with Gasteiger partial charge >= 0.3 is 14.9 Å². The predicted octanol–water partition coefficient (Wildman–Crippen LogP) is 3.23. The summed E-state index contributed by atoms with van der Waals surface area (Å²) < 4.78 is 21.8. The first kappa shape index (κ1) is 20.6. The second-order valence-corrected chi connectivity index (χ2v) is 9.83. The number of alkyl carbamates (subject to hydrolysis) is 1. The molecule has 0 heterocycles. The second-order valence-electron chi connectivity index (χ2n) is 6.53. The van der Waals surface area contributed by atoms with Crippen molar-refractivity contribution in [1.82, 2.24) is 5.32 Å². The third-order valence-electron chi connectivity index (χ3n) is 3.70. The number of hydrogen-bond donors (Lipinski definition) is 1. The number of amides is 1. The van der Waals surface area contributed by atoms with E-state index in [1.165, 1.54) is 0 Å². The van der Waals surface area contributed by atoms with Crippen LogP contribution in [-0.2, 0) is 24.6 Å². The van der Waals surface area contributed by atoms with Crippen molar-refractivity contribution >= 4 is 14.9 Å². The van der Waals surface area contributed by atoms with Gasteiger partial charge < -0.3 is 23.3 Å². The zero-order valence-corrected chi connectivity index (χ0v) is 16.6. The fourth-order valence-corrected chi connectivity index (χ4v) is 4.56. The monoisotopic (exact) mass is 355 g/mol. The molecule has 0 saturated carbocycles. The highest BCUT2D eigenvalue weighted by atomic mass is 28.4. The Morgan fingerprint density at radius 3 is 2.00 bits per heavy atom. The molecule has 0 aromatic heterocycles. The maximum Gasteiger partial charge on any atom is 0.507 e. The minimum atomic E-state index is -2.73.